The number of nitrogens with zero attached hydrogens (tertiary/aromatic N) is 2. The van der Waals surface area contributed by atoms with Gasteiger partial charge in [0.2, 0.25) is 0 Å². The van der Waals surface area contributed by atoms with E-state index < -0.39 is 0 Å². The Hall–Kier alpha value is -0.0800. The molecule has 0 spiro atoms. The highest BCUT2D eigenvalue weighted by Crippen LogP contribution is 2.32. The van der Waals surface area contributed by atoms with E-state index in [2.05, 4.69) is 30.7 Å². The van der Waals surface area contributed by atoms with Gasteiger partial charge in [0.25, 0.3) is 0 Å². The summed E-state index contributed by atoms with van der Waals surface area (Å²) in [5.41, 5.74) is 0. The van der Waals surface area contributed by atoms with Crippen molar-refractivity contribution in [2.24, 2.45) is 11.8 Å². The smallest absolute Gasteiger partial charge is 0.0127 e. The van der Waals surface area contributed by atoms with E-state index >= 15 is 0 Å². The van der Waals surface area contributed by atoms with Crippen molar-refractivity contribution in [2.45, 2.75) is 58.4 Å². The zero-order chi connectivity index (χ0) is 13.0. The zero-order valence-electron chi connectivity index (χ0n) is 12.7. The number of likely N-dealkylation sites (N-methyl/N-ethyl adjacent to an activating group) is 1. The predicted molar refractivity (Wildman–Crippen MR) is 78.9 cm³/mol. The molecule has 1 atom stereocenters. The molecule has 2 nitrogen and oxygen atoms in total. The van der Waals surface area contributed by atoms with Crippen LogP contribution in [0, 0.1) is 11.8 Å². The minimum Gasteiger partial charge on any atom is -0.304 e. The second-order valence-corrected chi connectivity index (χ2v) is 6.93. The summed E-state index contributed by atoms with van der Waals surface area (Å²) >= 11 is 0. The van der Waals surface area contributed by atoms with Crippen molar-refractivity contribution in [2.75, 3.05) is 33.2 Å². The third-order valence-corrected chi connectivity index (χ3v) is 4.91. The highest BCUT2D eigenvalue weighted by molar-refractivity contribution is 4.85. The summed E-state index contributed by atoms with van der Waals surface area (Å²) in [6.45, 7) is 9.91. The van der Waals surface area contributed by atoms with Crippen LogP contribution in [-0.2, 0) is 0 Å². The van der Waals surface area contributed by atoms with Gasteiger partial charge in [-0.05, 0) is 38.1 Å². The summed E-state index contributed by atoms with van der Waals surface area (Å²) < 4.78 is 0. The van der Waals surface area contributed by atoms with E-state index in [1.807, 2.05) is 0 Å². The van der Waals surface area contributed by atoms with Crippen molar-refractivity contribution < 1.29 is 0 Å². The molecule has 0 radical (unpaired) electrons. The van der Waals surface area contributed by atoms with Crippen molar-refractivity contribution in [3.63, 3.8) is 0 Å². The molecule has 1 aliphatic heterocycles. The van der Waals surface area contributed by atoms with Gasteiger partial charge in [0.1, 0.15) is 0 Å². The van der Waals surface area contributed by atoms with E-state index in [0.717, 1.165) is 17.9 Å². The molecule has 106 valence electrons. The average Bonchev–Trinajstić information content (AvgIpc) is 2.38. The summed E-state index contributed by atoms with van der Waals surface area (Å²) in [5.74, 6) is 1.83. The minimum absolute atomic E-state index is 0.844. The lowest BCUT2D eigenvalue weighted by atomic mass is 9.80. The Balaban J connectivity index is 1.94. The average molecular weight is 252 g/mol. The van der Waals surface area contributed by atoms with Gasteiger partial charge in [0.05, 0.1) is 0 Å². The Bertz CT molecular complexity index is 225. The van der Waals surface area contributed by atoms with E-state index in [0.29, 0.717) is 0 Å². The number of piperazine rings is 1. The first-order valence-corrected chi connectivity index (χ1v) is 8.09. The molecule has 0 aromatic carbocycles. The second-order valence-electron chi connectivity index (χ2n) is 6.93. The Morgan fingerprint density at radius 3 is 2.11 bits per heavy atom. The number of hydrogen-bond acceptors (Lipinski definition) is 2. The lowest BCUT2D eigenvalue weighted by Crippen LogP contribution is -2.52. The van der Waals surface area contributed by atoms with Gasteiger partial charge in [0.15, 0.2) is 0 Å². The summed E-state index contributed by atoms with van der Waals surface area (Å²) in [4.78, 5) is 5.29. The van der Waals surface area contributed by atoms with E-state index in [9.17, 15) is 0 Å². The zero-order valence-corrected chi connectivity index (χ0v) is 12.7. The predicted octanol–water partition coefficient (Wildman–Crippen LogP) is 3.23. The van der Waals surface area contributed by atoms with E-state index in [1.165, 1.54) is 64.7 Å². The molecule has 2 fully saturated rings. The summed E-state index contributed by atoms with van der Waals surface area (Å²) in [6.07, 6.45) is 8.83. The molecule has 0 bridgehead atoms. The molecule has 1 saturated carbocycles. The van der Waals surface area contributed by atoms with Crippen molar-refractivity contribution in [1.82, 2.24) is 9.80 Å². The van der Waals surface area contributed by atoms with Gasteiger partial charge in [-0.1, -0.05) is 33.1 Å². The molecule has 1 saturated heterocycles. The Morgan fingerprint density at radius 2 is 1.56 bits per heavy atom. The molecule has 2 aliphatic rings. The number of rotatable bonds is 4. The van der Waals surface area contributed by atoms with Gasteiger partial charge in [-0.25, -0.2) is 0 Å². The molecule has 0 amide bonds. The molecule has 1 unspecified atom stereocenters. The van der Waals surface area contributed by atoms with Gasteiger partial charge < -0.3 is 4.90 Å². The quantitative estimate of drug-likeness (QED) is 0.758. The monoisotopic (exact) mass is 252 g/mol. The van der Waals surface area contributed by atoms with Crippen LogP contribution in [0.25, 0.3) is 0 Å². The summed E-state index contributed by atoms with van der Waals surface area (Å²) in [5, 5.41) is 0. The molecule has 18 heavy (non-hydrogen) atoms. The number of hydrogen-bond donors (Lipinski definition) is 0. The maximum atomic E-state index is 2.82. The van der Waals surface area contributed by atoms with Crippen LogP contribution in [0.5, 0.6) is 0 Å². The summed E-state index contributed by atoms with van der Waals surface area (Å²) in [7, 11) is 2.26. The molecule has 0 aromatic heterocycles. The van der Waals surface area contributed by atoms with Crippen molar-refractivity contribution in [3.8, 4) is 0 Å². The van der Waals surface area contributed by atoms with E-state index in [1.54, 1.807) is 0 Å². The third-order valence-electron chi connectivity index (χ3n) is 4.91. The van der Waals surface area contributed by atoms with Crippen LogP contribution in [0.2, 0.25) is 0 Å². The Kier molecular flexibility index (Phi) is 5.50. The highest BCUT2D eigenvalue weighted by atomic mass is 15.3. The van der Waals surface area contributed by atoms with Gasteiger partial charge in [0, 0.05) is 32.2 Å². The maximum Gasteiger partial charge on any atom is 0.0127 e. The van der Waals surface area contributed by atoms with Crippen molar-refractivity contribution >= 4 is 0 Å². The van der Waals surface area contributed by atoms with Gasteiger partial charge in [-0.2, -0.15) is 0 Å². The molecule has 0 N–H and O–H groups in total. The van der Waals surface area contributed by atoms with Crippen LogP contribution in [0.3, 0.4) is 0 Å². The molecule has 1 heterocycles. The molecule has 0 aromatic rings. The molecule has 2 rings (SSSR count). The fourth-order valence-electron chi connectivity index (χ4n) is 3.80. The highest BCUT2D eigenvalue weighted by Gasteiger charge is 2.30. The van der Waals surface area contributed by atoms with Gasteiger partial charge in [-0.3, -0.25) is 4.90 Å². The topological polar surface area (TPSA) is 6.48 Å². The van der Waals surface area contributed by atoms with Crippen molar-refractivity contribution in [1.29, 1.82) is 0 Å². The Morgan fingerprint density at radius 1 is 0.944 bits per heavy atom. The van der Waals surface area contributed by atoms with Crippen LogP contribution in [-0.4, -0.2) is 49.1 Å². The van der Waals surface area contributed by atoms with Crippen LogP contribution >= 0.6 is 0 Å². The fourth-order valence-corrected chi connectivity index (χ4v) is 3.80. The SMILES string of the molecule is CC(C)CC(C1CCCCC1)N1CCN(C)CC1. The lowest BCUT2D eigenvalue weighted by Gasteiger charge is -2.43. The molecular formula is C16H32N2. The standard InChI is InChI=1S/C16H32N2/c1-14(2)13-16(15-7-5-4-6-8-15)18-11-9-17(3)10-12-18/h14-16H,4-13H2,1-3H3. The first-order valence-electron chi connectivity index (χ1n) is 8.09. The maximum absolute atomic E-state index is 2.82. The van der Waals surface area contributed by atoms with Crippen molar-refractivity contribution in [3.05, 3.63) is 0 Å². The van der Waals surface area contributed by atoms with Crippen LogP contribution in [0.1, 0.15) is 52.4 Å². The first-order chi connectivity index (χ1) is 8.66. The van der Waals surface area contributed by atoms with E-state index in [4.69, 9.17) is 0 Å². The summed E-state index contributed by atoms with van der Waals surface area (Å²) in [6, 6.07) is 0.874. The van der Waals surface area contributed by atoms with Crippen LogP contribution in [0.4, 0.5) is 0 Å². The second kappa shape index (κ2) is 6.91. The largest absolute Gasteiger partial charge is 0.304 e. The molecular weight excluding hydrogens is 220 g/mol. The third kappa shape index (κ3) is 3.96. The minimum atomic E-state index is 0.844. The molecule has 2 heteroatoms. The fraction of sp³-hybridized carbons (Fsp3) is 1.00. The van der Waals surface area contributed by atoms with Crippen LogP contribution < -0.4 is 0 Å². The van der Waals surface area contributed by atoms with Gasteiger partial charge >= 0.3 is 0 Å². The normalized spacial score (nSPS) is 26.7. The Labute approximate surface area is 114 Å². The van der Waals surface area contributed by atoms with Crippen LogP contribution in [0.15, 0.2) is 0 Å². The first kappa shape index (κ1) is 14.3. The van der Waals surface area contributed by atoms with Gasteiger partial charge in [-0.15, -0.1) is 0 Å². The lowest BCUT2D eigenvalue weighted by molar-refractivity contribution is 0.0560. The molecule has 1 aliphatic carbocycles. The van der Waals surface area contributed by atoms with E-state index in [-0.39, 0.29) is 0 Å².